The predicted octanol–water partition coefficient (Wildman–Crippen LogP) is 6.90. The highest BCUT2D eigenvalue weighted by Crippen LogP contribution is 2.89. The number of hydrogen-bond acceptors (Lipinski definition) is 7. The molecule has 2 aromatic heterocycles. The average molecular weight is 698 g/mol. The van der Waals surface area contributed by atoms with E-state index in [1.165, 1.54) is 7.11 Å². The minimum absolute atomic E-state index is 0.0528. The summed E-state index contributed by atoms with van der Waals surface area (Å²) < 4.78 is 10.2. The molecular formula is C41H43N7O4. The predicted molar refractivity (Wildman–Crippen MR) is 200 cm³/mol. The maximum absolute atomic E-state index is 14.1. The van der Waals surface area contributed by atoms with Crippen LogP contribution in [-0.2, 0) is 14.3 Å². The topological polar surface area (TPSA) is 137 Å². The summed E-state index contributed by atoms with van der Waals surface area (Å²) in [5.41, 5.74) is 6.29. The molecule has 52 heavy (non-hydrogen) atoms. The molecule has 11 heteroatoms. The number of piperidine rings is 2. The second-order valence-corrected chi connectivity index (χ2v) is 16.0. The van der Waals surface area contributed by atoms with Crippen LogP contribution in [0.1, 0.15) is 63.3 Å². The Balaban J connectivity index is 0.945. The van der Waals surface area contributed by atoms with Gasteiger partial charge in [0.1, 0.15) is 17.7 Å². The fraction of sp³-hybridized carbons (Fsp3) is 0.415. The third-order valence-electron chi connectivity index (χ3n) is 12.6. The third-order valence-corrected chi connectivity index (χ3v) is 12.6. The fourth-order valence-corrected chi connectivity index (χ4v) is 9.64. The number of carbonyl (C=O) groups is 2. The molecule has 2 saturated heterocycles. The third kappa shape index (κ3) is 4.64. The van der Waals surface area contributed by atoms with Crippen molar-refractivity contribution < 1.29 is 19.1 Å². The summed E-state index contributed by atoms with van der Waals surface area (Å²) >= 11 is 0. The molecule has 266 valence electrons. The highest BCUT2D eigenvalue weighted by molar-refractivity contribution is 6.07. The lowest BCUT2D eigenvalue weighted by Gasteiger charge is -2.36. The van der Waals surface area contributed by atoms with E-state index >= 15 is 0 Å². The Bertz CT molecular complexity index is 2440. The first-order valence-electron chi connectivity index (χ1n) is 18.5. The fourth-order valence-electron chi connectivity index (χ4n) is 9.64. The maximum Gasteiger partial charge on any atom is 0.407 e. The van der Waals surface area contributed by atoms with E-state index in [-0.39, 0.29) is 34.9 Å². The highest BCUT2D eigenvalue weighted by Gasteiger charge is 2.91. The first-order chi connectivity index (χ1) is 25.2. The van der Waals surface area contributed by atoms with Crippen LogP contribution in [-0.4, -0.2) is 75.8 Å². The Labute approximate surface area is 300 Å². The van der Waals surface area contributed by atoms with Crippen LogP contribution in [0.15, 0.2) is 60.7 Å². The summed E-state index contributed by atoms with van der Waals surface area (Å²) in [5, 5.41) is 10.9. The van der Waals surface area contributed by atoms with Crippen molar-refractivity contribution in [3.05, 3.63) is 72.3 Å². The standard InChI is InChI=1S/C41H43N7O4/c1-21(2)33(47-39(50)52-4)38(49)48-32(16-40-19-41(40,48)20-40)37-44-30-12-8-26-15-24(6-10-28(26)35(30)46-37)23-5-9-27-25(14-23)7-11-29-34(27)45-36(43-29)31-13-22(17-42-31)18-51-3/h5-12,14-15,21-22,31-33,42H,13,16-20H2,1-4H3,(H,43,45)(H,44,46)(H,47,50)/t22-,31?,32-,33-,40?,41?/m0/s1. The molecule has 2 saturated carbocycles. The van der Waals surface area contributed by atoms with Crippen LogP contribution in [0.3, 0.4) is 0 Å². The van der Waals surface area contributed by atoms with Gasteiger partial charge in [0.05, 0.1) is 53.4 Å². The van der Waals surface area contributed by atoms with Gasteiger partial charge in [-0.05, 0) is 83.7 Å². The molecule has 11 nitrogen and oxygen atoms in total. The lowest BCUT2D eigenvalue weighted by molar-refractivity contribution is -0.139. The normalized spacial score (nSPS) is 26.7. The lowest BCUT2D eigenvalue weighted by atomic mass is 9.97. The molecule has 0 radical (unpaired) electrons. The summed E-state index contributed by atoms with van der Waals surface area (Å²) in [5.74, 6) is 2.17. The van der Waals surface area contributed by atoms with Crippen molar-refractivity contribution in [3.8, 4) is 11.1 Å². The summed E-state index contributed by atoms with van der Waals surface area (Å²) in [4.78, 5) is 45.7. The van der Waals surface area contributed by atoms with Gasteiger partial charge < -0.3 is 35.0 Å². The first kappa shape index (κ1) is 31.7. The second kappa shape index (κ2) is 11.2. The van der Waals surface area contributed by atoms with E-state index in [0.717, 1.165) is 105 Å². The van der Waals surface area contributed by atoms with E-state index in [1.54, 1.807) is 7.11 Å². The molecule has 6 aromatic rings. The molecule has 10 rings (SSSR count). The number of likely N-dealkylation sites (tertiary alicyclic amines) is 1. The minimum Gasteiger partial charge on any atom is -0.453 e. The smallest absolute Gasteiger partial charge is 0.407 e. The molecule has 1 unspecified atom stereocenters. The average Bonchev–Trinajstić information content (AvgIpc) is 3.58. The SMILES string of the molecule is COC[C@@H]1CNC(c2nc3c(ccc4cc(-c5ccc6c(ccc7[nH]c([C@@H]8CC9%10CC9(C%10)N8C(=O)[C@@H](NC(=O)OC)C(C)C)nc76)c5)ccc43)[nH]2)C1. The number of ether oxygens (including phenoxy) is 2. The van der Waals surface area contributed by atoms with Crippen molar-refractivity contribution >= 4 is 55.6 Å². The highest BCUT2D eigenvalue weighted by atomic mass is 16.5. The van der Waals surface area contributed by atoms with Gasteiger partial charge in [0.2, 0.25) is 5.91 Å². The molecule has 4 fully saturated rings. The van der Waals surface area contributed by atoms with Gasteiger partial charge in [-0.25, -0.2) is 14.8 Å². The number of imidazole rings is 2. The molecule has 2 amide bonds. The molecule has 0 bridgehead atoms. The number of fused-ring (bicyclic) bond motifs is 6. The van der Waals surface area contributed by atoms with Crippen molar-refractivity contribution in [1.29, 1.82) is 0 Å². The van der Waals surface area contributed by atoms with Gasteiger partial charge in [-0.15, -0.1) is 0 Å². The van der Waals surface area contributed by atoms with Crippen LogP contribution in [0.5, 0.6) is 0 Å². The van der Waals surface area contributed by atoms with E-state index in [1.807, 2.05) is 18.7 Å². The number of nitrogens with zero attached hydrogens (tertiary/aromatic N) is 3. The number of alkyl carbamates (subject to hydrolysis) is 1. The number of hydrogen-bond donors (Lipinski definition) is 4. The zero-order valence-corrected chi connectivity index (χ0v) is 29.9. The van der Waals surface area contributed by atoms with Gasteiger partial charge >= 0.3 is 6.09 Å². The Morgan fingerprint density at radius 3 is 2.15 bits per heavy atom. The van der Waals surface area contributed by atoms with E-state index in [4.69, 9.17) is 19.4 Å². The number of aromatic amines is 2. The molecule has 2 aliphatic heterocycles. The van der Waals surface area contributed by atoms with Gasteiger partial charge in [0.15, 0.2) is 0 Å². The van der Waals surface area contributed by atoms with Gasteiger partial charge in [0.25, 0.3) is 0 Å². The lowest BCUT2D eigenvalue weighted by Crippen LogP contribution is -2.53. The van der Waals surface area contributed by atoms with Gasteiger partial charge in [0, 0.05) is 29.8 Å². The quantitative estimate of drug-likeness (QED) is 0.136. The zero-order valence-electron chi connectivity index (χ0n) is 29.9. The molecule has 0 spiro atoms. The molecule has 4 aliphatic rings. The molecular weight excluding hydrogens is 654 g/mol. The molecule has 4 N–H and O–H groups in total. The van der Waals surface area contributed by atoms with Gasteiger partial charge in [-0.1, -0.05) is 50.2 Å². The van der Waals surface area contributed by atoms with E-state index in [2.05, 4.69) is 81.3 Å². The molecule has 4 atom stereocenters. The number of amides is 2. The summed E-state index contributed by atoms with van der Waals surface area (Å²) in [6, 6.07) is 21.1. The van der Waals surface area contributed by atoms with Gasteiger partial charge in [-0.2, -0.15) is 0 Å². The number of aromatic nitrogens is 4. The molecule has 2 aliphatic carbocycles. The number of rotatable bonds is 8. The second-order valence-electron chi connectivity index (χ2n) is 16.0. The Morgan fingerprint density at radius 1 is 0.904 bits per heavy atom. The summed E-state index contributed by atoms with van der Waals surface area (Å²) in [7, 11) is 3.09. The van der Waals surface area contributed by atoms with Crippen LogP contribution in [0, 0.1) is 17.3 Å². The van der Waals surface area contributed by atoms with Crippen molar-refractivity contribution in [1.82, 2.24) is 35.5 Å². The van der Waals surface area contributed by atoms with E-state index < -0.39 is 12.1 Å². The Morgan fingerprint density at radius 2 is 1.54 bits per heavy atom. The van der Waals surface area contributed by atoms with Crippen molar-refractivity contribution in [3.63, 3.8) is 0 Å². The largest absolute Gasteiger partial charge is 0.453 e. The van der Waals surface area contributed by atoms with Crippen LogP contribution < -0.4 is 10.6 Å². The number of nitrogens with one attached hydrogen (secondary N) is 4. The number of methoxy groups -OCH3 is 2. The Kier molecular flexibility index (Phi) is 6.86. The first-order valence-corrected chi connectivity index (χ1v) is 18.5. The Hall–Kier alpha value is -5.00. The zero-order chi connectivity index (χ0) is 35.5. The van der Waals surface area contributed by atoms with Crippen LogP contribution >= 0.6 is 0 Å². The van der Waals surface area contributed by atoms with Crippen LogP contribution in [0.25, 0.3) is 54.7 Å². The summed E-state index contributed by atoms with van der Waals surface area (Å²) in [6.07, 6.45) is 3.39. The number of H-pyrrole nitrogens is 2. The molecule has 4 aromatic carbocycles. The maximum atomic E-state index is 14.1. The van der Waals surface area contributed by atoms with E-state index in [9.17, 15) is 9.59 Å². The molecule has 4 heterocycles. The monoisotopic (exact) mass is 697 g/mol. The minimum atomic E-state index is -0.661. The van der Waals surface area contributed by atoms with Crippen molar-refractivity contribution in [2.24, 2.45) is 17.3 Å². The summed E-state index contributed by atoms with van der Waals surface area (Å²) in [6.45, 7) is 5.61. The van der Waals surface area contributed by atoms with Crippen LogP contribution in [0.2, 0.25) is 0 Å². The van der Waals surface area contributed by atoms with Crippen LogP contribution in [0.4, 0.5) is 4.79 Å². The number of carbonyl (C=O) groups excluding carboxylic acids is 2. The number of benzene rings is 4. The van der Waals surface area contributed by atoms with E-state index in [0.29, 0.717) is 5.92 Å². The van der Waals surface area contributed by atoms with Crippen molar-refractivity contribution in [2.45, 2.75) is 63.2 Å². The van der Waals surface area contributed by atoms with Crippen molar-refractivity contribution in [2.75, 3.05) is 27.4 Å². The van der Waals surface area contributed by atoms with Gasteiger partial charge in [-0.3, -0.25) is 4.79 Å².